The van der Waals surface area contributed by atoms with E-state index in [0.29, 0.717) is 27.6 Å². The van der Waals surface area contributed by atoms with E-state index < -0.39 is 0 Å². The van der Waals surface area contributed by atoms with Gasteiger partial charge in [0.05, 0.1) is 11.4 Å². The highest BCUT2D eigenvalue weighted by Crippen LogP contribution is 2.27. The Kier molecular flexibility index (Phi) is 5.14. The normalized spacial score (nSPS) is 17.9. The summed E-state index contributed by atoms with van der Waals surface area (Å²) < 4.78 is 0.696. The van der Waals surface area contributed by atoms with Crippen LogP contribution in [0.15, 0.2) is 15.2 Å². The van der Waals surface area contributed by atoms with E-state index in [-0.39, 0.29) is 17.4 Å². The Hall–Kier alpha value is -1.94. The highest BCUT2D eigenvalue weighted by Gasteiger charge is 2.26. The van der Waals surface area contributed by atoms with Crippen molar-refractivity contribution in [2.75, 3.05) is 24.6 Å². The van der Waals surface area contributed by atoms with Crippen molar-refractivity contribution in [2.45, 2.75) is 30.0 Å². The molecule has 1 saturated heterocycles. The summed E-state index contributed by atoms with van der Waals surface area (Å²) in [5, 5.41) is 8.04. The molecule has 1 fully saturated rings. The van der Waals surface area contributed by atoms with E-state index >= 15 is 0 Å². The fourth-order valence-electron chi connectivity index (χ4n) is 2.75. The van der Waals surface area contributed by atoms with Gasteiger partial charge in [-0.1, -0.05) is 23.1 Å². The number of nitrogens with one attached hydrogen (secondary N) is 1. The van der Waals surface area contributed by atoms with Gasteiger partial charge in [0.15, 0.2) is 4.34 Å². The number of amides is 1. The molecule has 3 heterocycles. The van der Waals surface area contributed by atoms with Crippen molar-refractivity contribution in [1.82, 2.24) is 25.1 Å². The van der Waals surface area contributed by atoms with Gasteiger partial charge in [-0.15, -0.1) is 10.2 Å². The third-order valence-electron chi connectivity index (χ3n) is 3.81. The van der Waals surface area contributed by atoms with Gasteiger partial charge in [0.25, 0.3) is 5.56 Å². The zero-order valence-corrected chi connectivity index (χ0v) is 14.8. The Bertz CT molecular complexity index is 790. The average Bonchev–Trinajstić information content (AvgIpc) is 2.97. The molecule has 8 nitrogen and oxygen atoms in total. The SMILES string of the molecule is Cc1nc([C@H]2CCCN(C(=O)CSc3nnc(N)s3)C2)cc(=O)[nH]1. The Labute approximate surface area is 146 Å². The van der Waals surface area contributed by atoms with E-state index in [9.17, 15) is 9.59 Å². The van der Waals surface area contributed by atoms with Gasteiger partial charge >= 0.3 is 0 Å². The van der Waals surface area contributed by atoms with Crippen molar-refractivity contribution in [3.05, 3.63) is 27.9 Å². The van der Waals surface area contributed by atoms with Gasteiger partial charge in [-0.25, -0.2) is 4.98 Å². The van der Waals surface area contributed by atoms with Crippen molar-refractivity contribution in [1.29, 1.82) is 0 Å². The Morgan fingerprint density at radius 3 is 3.08 bits per heavy atom. The molecule has 24 heavy (non-hydrogen) atoms. The van der Waals surface area contributed by atoms with E-state index in [1.54, 1.807) is 6.92 Å². The fraction of sp³-hybridized carbons (Fsp3) is 0.500. The molecule has 0 spiro atoms. The zero-order chi connectivity index (χ0) is 17.1. The quantitative estimate of drug-likeness (QED) is 0.775. The number of likely N-dealkylation sites (tertiary alicyclic amines) is 1. The number of hydrogen-bond acceptors (Lipinski definition) is 8. The molecule has 3 N–H and O–H groups in total. The topological polar surface area (TPSA) is 118 Å². The molecule has 1 amide bonds. The van der Waals surface area contributed by atoms with Crippen molar-refractivity contribution in [2.24, 2.45) is 0 Å². The van der Waals surface area contributed by atoms with Crippen LogP contribution in [0, 0.1) is 6.92 Å². The molecule has 10 heteroatoms. The summed E-state index contributed by atoms with van der Waals surface area (Å²) in [5.41, 5.74) is 6.15. The minimum absolute atomic E-state index is 0.0556. The first-order valence-electron chi connectivity index (χ1n) is 7.58. The van der Waals surface area contributed by atoms with Gasteiger partial charge < -0.3 is 15.6 Å². The molecule has 1 aliphatic rings. The predicted octanol–water partition coefficient (Wildman–Crippen LogP) is 1.01. The standard InChI is InChI=1S/C14H18N6O2S2/c1-8-16-10(5-11(21)17-8)9-3-2-4-20(6-9)12(22)7-23-14-19-18-13(15)24-14/h5,9H,2-4,6-7H2,1H3,(H2,15,18)(H,16,17,21)/t9-/m0/s1. The van der Waals surface area contributed by atoms with Crippen LogP contribution in [0.2, 0.25) is 0 Å². The van der Waals surface area contributed by atoms with Gasteiger partial charge in [0, 0.05) is 25.1 Å². The number of aromatic nitrogens is 4. The molecule has 2 aromatic heterocycles. The number of thioether (sulfide) groups is 1. The summed E-state index contributed by atoms with van der Waals surface area (Å²) in [6.07, 6.45) is 1.83. The maximum absolute atomic E-state index is 12.4. The van der Waals surface area contributed by atoms with Gasteiger partial charge in [-0.2, -0.15) is 0 Å². The average molecular weight is 366 g/mol. The van der Waals surface area contributed by atoms with Crippen LogP contribution in [0.4, 0.5) is 5.13 Å². The second kappa shape index (κ2) is 7.31. The lowest BCUT2D eigenvalue weighted by Crippen LogP contribution is -2.40. The summed E-state index contributed by atoms with van der Waals surface area (Å²) in [6.45, 7) is 3.09. The van der Waals surface area contributed by atoms with Gasteiger partial charge in [-0.3, -0.25) is 9.59 Å². The minimum atomic E-state index is -0.148. The molecule has 0 bridgehead atoms. The Morgan fingerprint density at radius 2 is 2.38 bits per heavy atom. The lowest BCUT2D eigenvalue weighted by atomic mass is 9.94. The van der Waals surface area contributed by atoms with Crippen molar-refractivity contribution in [3.63, 3.8) is 0 Å². The van der Waals surface area contributed by atoms with Crippen LogP contribution in [-0.2, 0) is 4.79 Å². The highest BCUT2D eigenvalue weighted by atomic mass is 32.2. The molecule has 1 atom stereocenters. The maximum Gasteiger partial charge on any atom is 0.251 e. The summed E-state index contributed by atoms with van der Waals surface area (Å²) in [7, 11) is 0. The number of carbonyl (C=O) groups excluding carboxylic acids is 1. The van der Waals surface area contributed by atoms with Crippen LogP contribution in [0.5, 0.6) is 0 Å². The van der Waals surface area contributed by atoms with Crippen molar-refractivity contribution >= 4 is 34.1 Å². The smallest absolute Gasteiger partial charge is 0.251 e. The molecule has 0 saturated carbocycles. The summed E-state index contributed by atoms with van der Waals surface area (Å²) in [4.78, 5) is 33.0. The van der Waals surface area contributed by atoms with E-state index in [4.69, 9.17) is 5.73 Å². The second-order valence-corrected chi connectivity index (χ2v) is 7.86. The Balaban J connectivity index is 1.62. The molecule has 3 rings (SSSR count). The number of nitrogens with two attached hydrogens (primary N) is 1. The lowest BCUT2D eigenvalue weighted by Gasteiger charge is -2.32. The summed E-state index contributed by atoms with van der Waals surface area (Å²) >= 11 is 2.62. The number of nitrogens with zero attached hydrogens (tertiary/aromatic N) is 4. The van der Waals surface area contributed by atoms with Crippen LogP contribution in [0.25, 0.3) is 0 Å². The molecule has 128 valence electrons. The van der Waals surface area contributed by atoms with E-state index in [2.05, 4.69) is 20.2 Å². The monoisotopic (exact) mass is 366 g/mol. The summed E-state index contributed by atoms with van der Waals surface area (Å²) in [5.74, 6) is 1.07. The van der Waals surface area contributed by atoms with E-state index in [0.717, 1.165) is 25.1 Å². The molecular formula is C14H18N6O2S2. The van der Waals surface area contributed by atoms with Crippen LogP contribution in [0.3, 0.4) is 0 Å². The number of anilines is 1. The van der Waals surface area contributed by atoms with Crippen molar-refractivity contribution < 1.29 is 4.79 Å². The first-order valence-corrected chi connectivity index (χ1v) is 9.39. The number of piperidine rings is 1. The number of rotatable bonds is 4. The fourth-order valence-corrected chi connectivity index (χ4v) is 4.29. The Morgan fingerprint density at radius 1 is 1.54 bits per heavy atom. The van der Waals surface area contributed by atoms with Crippen molar-refractivity contribution in [3.8, 4) is 0 Å². The second-order valence-electron chi connectivity index (χ2n) is 5.63. The number of hydrogen-bond donors (Lipinski definition) is 2. The molecular weight excluding hydrogens is 348 g/mol. The predicted molar refractivity (Wildman–Crippen MR) is 93.2 cm³/mol. The molecule has 2 aromatic rings. The van der Waals surface area contributed by atoms with Crippen LogP contribution in [0.1, 0.15) is 30.3 Å². The van der Waals surface area contributed by atoms with Gasteiger partial charge in [-0.05, 0) is 19.8 Å². The first kappa shape index (κ1) is 16.9. The number of H-pyrrole nitrogens is 1. The van der Waals surface area contributed by atoms with Crippen LogP contribution >= 0.6 is 23.1 Å². The number of aryl methyl sites for hydroxylation is 1. The number of carbonyl (C=O) groups is 1. The third-order valence-corrected chi connectivity index (χ3v) is 5.68. The number of nitrogen functional groups attached to an aromatic ring is 1. The zero-order valence-electron chi connectivity index (χ0n) is 13.2. The molecule has 0 unspecified atom stereocenters. The molecule has 1 aliphatic heterocycles. The maximum atomic E-state index is 12.4. The molecule has 0 aromatic carbocycles. The summed E-state index contributed by atoms with van der Waals surface area (Å²) in [6, 6.07) is 1.53. The first-order chi connectivity index (χ1) is 11.5. The van der Waals surface area contributed by atoms with Gasteiger partial charge in [0.2, 0.25) is 11.0 Å². The van der Waals surface area contributed by atoms with Gasteiger partial charge in [0.1, 0.15) is 5.82 Å². The number of aromatic amines is 1. The van der Waals surface area contributed by atoms with E-state index in [1.807, 2.05) is 4.90 Å². The largest absolute Gasteiger partial charge is 0.374 e. The van der Waals surface area contributed by atoms with E-state index in [1.165, 1.54) is 29.2 Å². The molecule has 0 radical (unpaired) electrons. The van der Waals surface area contributed by atoms with Crippen LogP contribution in [-0.4, -0.2) is 49.8 Å². The minimum Gasteiger partial charge on any atom is -0.374 e. The van der Waals surface area contributed by atoms with Crippen LogP contribution < -0.4 is 11.3 Å². The highest BCUT2D eigenvalue weighted by molar-refractivity contribution is 8.01. The molecule has 0 aliphatic carbocycles. The lowest BCUT2D eigenvalue weighted by molar-refractivity contribution is -0.129. The third kappa shape index (κ3) is 4.12.